The van der Waals surface area contributed by atoms with E-state index in [1.54, 1.807) is 0 Å². The van der Waals surface area contributed by atoms with Gasteiger partial charge in [-0.25, -0.2) is 0 Å². The molecule has 2 nitrogen and oxygen atoms in total. The number of carbonyl (C=O) groups excluding carboxylic acids is 1. The van der Waals surface area contributed by atoms with Crippen molar-refractivity contribution in [2.75, 3.05) is 0 Å². The minimum absolute atomic E-state index is 0. The van der Waals surface area contributed by atoms with Crippen LogP contribution >= 0.6 is 24.0 Å². The number of nitrogens with two attached hydrogens (primary N) is 1. The van der Waals surface area contributed by atoms with Crippen molar-refractivity contribution in [1.82, 2.24) is 0 Å². The van der Waals surface area contributed by atoms with Gasteiger partial charge in [-0.2, -0.15) is 0 Å². The zero-order valence-electron chi connectivity index (χ0n) is 8.62. The third-order valence-electron chi connectivity index (χ3n) is 4.83. The highest BCUT2D eigenvalue weighted by Gasteiger charge is 2.58. The normalized spacial score (nSPS) is 51.3. The molecule has 86 valence electrons. The second-order valence-electron chi connectivity index (χ2n) is 5.51. The first kappa shape index (κ1) is 11.7. The molecular weight excluding hydrogens is 233 g/mol. The van der Waals surface area contributed by atoms with E-state index >= 15 is 0 Å². The first-order valence-corrected chi connectivity index (χ1v) is 5.97. The molecule has 0 radical (unpaired) electrons. The largest absolute Gasteiger partial charge is 0.317 e. The summed E-state index contributed by atoms with van der Waals surface area (Å²) in [6.45, 7) is 0. The minimum atomic E-state index is -0.672. The van der Waals surface area contributed by atoms with Crippen LogP contribution in [0.15, 0.2) is 0 Å². The fourth-order valence-electron chi connectivity index (χ4n) is 4.29. The quantitative estimate of drug-likeness (QED) is 0.726. The Morgan fingerprint density at radius 1 is 1.07 bits per heavy atom. The Morgan fingerprint density at radius 3 is 1.80 bits per heavy atom. The Bertz CT molecular complexity index is 264. The molecule has 4 heteroatoms. The van der Waals surface area contributed by atoms with E-state index in [0.29, 0.717) is 11.8 Å². The molecule has 0 aromatic rings. The van der Waals surface area contributed by atoms with Gasteiger partial charge in [0.15, 0.2) is 0 Å². The average molecular weight is 250 g/mol. The zero-order valence-corrected chi connectivity index (χ0v) is 10.2. The second kappa shape index (κ2) is 3.61. The summed E-state index contributed by atoms with van der Waals surface area (Å²) in [7, 11) is 0. The summed E-state index contributed by atoms with van der Waals surface area (Å²) in [5, 5.41) is -0.286. The molecule has 0 aromatic heterocycles. The summed E-state index contributed by atoms with van der Waals surface area (Å²) >= 11 is 5.70. The molecule has 0 aromatic carbocycles. The average Bonchev–Trinajstić information content (AvgIpc) is 2.12. The lowest BCUT2D eigenvalue weighted by Gasteiger charge is -2.58. The third kappa shape index (κ3) is 1.45. The van der Waals surface area contributed by atoms with Gasteiger partial charge in [0, 0.05) is 0 Å². The first-order valence-electron chi connectivity index (χ1n) is 5.59. The number of hydrogen-bond donors (Lipinski definition) is 1. The van der Waals surface area contributed by atoms with Gasteiger partial charge in [0.25, 0.3) is 0 Å². The summed E-state index contributed by atoms with van der Waals surface area (Å²) in [4.78, 5) is 11.5. The van der Waals surface area contributed by atoms with Crippen molar-refractivity contribution >= 4 is 29.3 Å². The Labute approximate surface area is 101 Å². The molecule has 0 unspecified atom stereocenters. The molecule has 0 saturated heterocycles. The van der Waals surface area contributed by atoms with Gasteiger partial charge < -0.3 is 5.73 Å². The van der Waals surface area contributed by atoms with Gasteiger partial charge in [0.2, 0.25) is 5.24 Å². The van der Waals surface area contributed by atoms with Gasteiger partial charge in [-0.3, -0.25) is 4.79 Å². The van der Waals surface area contributed by atoms with Crippen molar-refractivity contribution in [2.24, 2.45) is 29.4 Å². The lowest BCUT2D eigenvalue weighted by atomic mass is 9.49. The monoisotopic (exact) mass is 249 g/mol. The summed E-state index contributed by atoms with van der Waals surface area (Å²) in [6.07, 6.45) is 5.94. The molecule has 4 aliphatic carbocycles. The van der Waals surface area contributed by atoms with Gasteiger partial charge in [-0.1, -0.05) is 0 Å². The number of rotatable bonds is 1. The van der Waals surface area contributed by atoms with Crippen molar-refractivity contribution < 1.29 is 4.79 Å². The van der Waals surface area contributed by atoms with Crippen molar-refractivity contribution in [2.45, 2.75) is 37.6 Å². The Hall–Kier alpha value is 0.210. The maximum Gasteiger partial charge on any atom is 0.242 e. The van der Waals surface area contributed by atoms with Crippen LogP contribution in [0, 0.1) is 23.7 Å². The SMILES string of the molecule is Cl.NC1(C(=O)Cl)C2CC3CC(C2)CC1C3. The van der Waals surface area contributed by atoms with Crippen LogP contribution in [0.25, 0.3) is 0 Å². The smallest absolute Gasteiger partial charge is 0.242 e. The molecule has 15 heavy (non-hydrogen) atoms. The van der Waals surface area contributed by atoms with E-state index in [9.17, 15) is 4.79 Å². The topological polar surface area (TPSA) is 43.1 Å². The van der Waals surface area contributed by atoms with Crippen molar-refractivity contribution in [3.05, 3.63) is 0 Å². The maximum atomic E-state index is 11.5. The standard InChI is InChI=1S/C11H16ClNO.ClH/c12-10(14)11(13)8-2-6-1-7(4-8)5-9(11)3-6;/h6-9H,1-5,13H2;1H. The van der Waals surface area contributed by atoms with Crippen LogP contribution in [0.2, 0.25) is 0 Å². The number of carbonyl (C=O) groups is 1. The molecule has 4 bridgehead atoms. The van der Waals surface area contributed by atoms with E-state index in [2.05, 4.69) is 0 Å². The van der Waals surface area contributed by atoms with Gasteiger partial charge in [0.05, 0.1) is 5.54 Å². The molecule has 0 atom stereocenters. The first-order chi connectivity index (χ1) is 6.60. The Kier molecular flexibility index (Phi) is 2.81. The predicted molar refractivity (Wildman–Crippen MR) is 62.1 cm³/mol. The van der Waals surface area contributed by atoms with Crippen LogP contribution < -0.4 is 5.73 Å². The molecule has 0 heterocycles. The summed E-state index contributed by atoms with van der Waals surface area (Å²) in [6, 6.07) is 0. The molecule has 4 rings (SSSR count). The predicted octanol–water partition coefficient (Wildman–Crippen LogP) is 2.33. The highest BCUT2D eigenvalue weighted by molar-refractivity contribution is 6.65. The van der Waals surface area contributed by atoms with E-state index in [1.807, 2.05) is 0 Å². The van der Waals surface area contributed by atoms with E-state index in [0.717, 1.165) is 37.5 Å². The third-order valence-corrected chi connectivity index (χ3v) is 5.16. The van der Waals surface area contributed by atoms with Crippen LogP contribution in [-0.2, 0) is 4.79 Å². The van der Waals surface area contributed by atoms with Crippen molar-refractivity contribution in [3.8, 4) is 0 Å². The van der Waals surface area contributed by atoms with E-state index in [1.165, 1.54) is 6.42 Å². The molecule has 4 fully saturated rings. The zero-order chi connectivity index (χ0) is 9.92. The van der Waals surface area contributed by atoms with E-state index in [-0.39, 0.29) is 17.6 Å². The molecule has 0 spiro atoms. The molecule has 0 aliphatic heterocycles. The van der Waals surface area contributed by atoms with Gasteiger partial charge in [-0.15, -0.1) is 12.4 Å². The summed E-state index contributed by atoms with van der Waals surface area (Å²) in [5.74, 6) is 2.43. The number of hydrogen-bond acceptors (Lipinski definition) is 2. The van der Waals surface area contributed by atoms with Crippen LogP contribution in [-0.4, -0.2) is 10.8 Å². The van der Waals surface area contributed by atoms with Crippen molar-refractivity contribution in [3.63, 3.8) is 0 Å². The molecule has 0 amide bonds. The highest BCUT2D eigenvalue weighted by Crippen LogP contribution is 2.57. The maximum absolute atomic E-state index is 11.5. The Balaban J connectivity index is 0.000000853. The Morgan fingerprint density at radius 2 is 1.47 bits per heavy atom. The summed E-state index contributed by atoms with van der Waals surface area (Å²) in [5.41, 5.74) is 5.58. The molecular formula is C11H17Cl2NO. The lowest BCUT2D eigenvalue weighted by Crippen LogP contribution is -2.66. The van der Waals surface area contributed by atoms with Gasteiger partial charge in [-0.05, 0) is 67.4 Å². The fraction of sp³-hybridized carbons (Fsp3) is 0.909. The van der Waals surface area contributed by atoms with Crippen LogP contribution in [0.1, 0.15) is 32.1 Å². The van der Waals surface area contributed by atoms with Gasteiger partial charge >= 0.3 is 0 Å². The molecule has 4 saturated carbocycles. The summed E-state index contributed by atoms with van der Waals surface area (Å²) < 4.78 is 0. The van der Waals surface area contributed by atoms with Crippen LogP contribution in [0.5, 0.6) is 0 Å². The van der Waals surface area contributed by atoms with E-state index in [4.69, 9.17) is 17.3 Å². The van der Waals surface area contributed by atoms with Crippen LogP contribution in [0.3, 0.4) is 0 Å². The number of halogens is 2. The lowest BCUT2D eigenvalue weighted by molar-refractivity contribution is -0.131. The minimum Gasteiger partial charge on any atom is -0.317 e. The van der Waals surface area contributed by atoms with Gasteiger partial charge in [0.1, 0.15) is 0 Å². The van der Waals surface area contributed by atoms with Crippen molar-refractivity contribution in [1.29, 1.82) is 0 Å². The highest BCUT2D eigenvalue weighted by atomic mass is 35.5. The van der Waals surface area contributed by atoms with E-state index < -0.39 is 5.54 Å². The van der Waals surface area contributed by atoms with Crippen LogP contribution in [0.4, 0.5) is 0 Å². The fourth-order valence-corrected chi connectivity index (χ4v) is 4.59. The molecule has 4 aliphatic rings. The molecule has 2 N–H and O–H groups in total. The second-order valence-corrected chi connectivity index (χ2v) is 5.85.